The van der Waals surface area contributed by atoms with Crippen LogP contribution in [-0.2, 0) is 15.1 Å². The van der Waals surface area contributed by atoms with Crippen molar-refractivity contribution in [1.82, 2.24) is 14.5 Å². The predicted molar refractivity (Wildman–Crippen MR) is 136 cm³/mol. The van der Waals surface area contributed by atoms with Gasteiger partial charge in [-0.05, 0) is 55.5 Å². The molecule has 1 aromatic heterocycles. The smallest absolute Gasteiger partial charge is 0.412 e. The first-order chi connectivity index (χ1) is 18.2. The summed E-state index contributed by atoms with van der Waals surface area (Å²) >= 11 is 6.07. The van der Waals surface area contributed by atoms with Gasteiger partial charge in [-0.15, -0.1) is 0 Å². The summed E-state index contributed by atoms with van der Waals surface area (Å²) in [6.45, 7) is 0.279. The zero-order valence-electron chi connectivity index (χ0n) is 20.3. The molecule has 3 aromatic rings. The summed E-state index contributed by atoms with van der Waals surface area (Å²) in [6, 6.07) is 6.65. The van der Waals surface area contributed by atoms with Crippen molar-refractivity contribution in [2.75, 3.05) is 18.4 Å². The lowest BCUT2D eigenvalue weighted by molar-refractivity contribution is -0.143. The van der Waals surface area contributed by atoms with E-state index in [1.807, 2.05) is 0 Å². The molecule has 0 bridgehead atoms. The molecule has 10 nitrogen and oxygen atoms in total. The van der Waals surface area contributed by atoms with E-state index < -0.39 is 35.2 Å². The number of hydrogen-bond donors (Lipinski definition) is 3. The number of H-pyrrole nitrogens is 1. The molecule has 1 spiro atoms. The minimum absolute atomic E-state index is 0.0758. The highest BCUT2D eigenvalue weighted by molar-refractivity contribution is 6.31. The number of nitrogens with two attached hydrogens (primary N) is 1. The van der Waals surface area contributed by atoms with Gasteiger partial charge in [0.1, 0.15) is 6.04 Å². The van der Waals surface area contributed by atoms with Crippen molar-refractivity contribution in [3.63, 3.8) is 0 Å². The number of likely N-dealkylation sites (tertiary alicyclic amines) is 1. The minimum atomic E-state index is -1.41. The lowest BCUT2D eigenvalue weighted by Crippen LogP contribution is -2.55. The van der Waals surface area contributed by atoms with Crippen LogP contribution in [0.1, 0.15) is 54.1 Å². The van der Waals surface area contributed by atoms with E-state index in [9.17, 15) is 19.2 Å². The molecule has 1 saturated heterocycles. The number of piperidine rings is 1. The molecule has 3 aliphatic rings. The molecule has 0 unspecified atom stereocenters. The Morgan fingerprint density at radius 2 is 2.03 bits per heavy atom. The first-order valence-corrected chi connectivity index (χ1v) is 12.9. The Balaban J connectivity index is 1.39. The third kappa shape index (κ3) is 4.01. The van der Waals surface area contributed by atoms with Crippen molar-refractivity contribution in [3.05, 3.63) is 62.8 Å². The Kier molecular flexibility index (Phi) is 5.71. The quantitative estimate of drug-likeness (QED) is 0.452. The Morgan fingerprint density at radius 1 is 1.24 bits per heavy atom. The first-order valence-electron chi connectivity index (χ1n) is 12.5. The third-order valence-corrected chi connectivity index (χ3v) is 7.99. The van der Waals surface area contributed by atoms with Gasteiger partial charge in [0.2, 0.25) is 11.8 Å². The number of primary amides is 1. The van der Waals surface area contributed by atoms with E-state index in [-0.39, 0.29) is 40.2 Å². The first kappa shape index (κ1) is 24.5. The van der Waals surface area contributed by atoms with Crippen LogP contribution in [0.15, 0.2) is 35.1 Å². The highest BCUT2D eigenvalue weighted by Gasteiger charge is 2.49. The number of halogens is 2. The van der Waals surface area contributed by atoms with Gasteiger partial charge in [-0.25, -0.2) is 14.0 Å². The molecule has 12 heteroatoms. The lowest BCUT2D eigenvalue weighted by atomic mass is 9.82. The number of aromatic nitrogens is 2. The number of carbonyl (C=O) groups excluding carboxylic acids is 3. The number of benzene rings is 2. The number of hydrogen-bond acceptors (Lipinski definition) is 5. The molecule has 198 valence electrons. The number of rotatable bonds is 5. The van der Waals surface area contributed by atoms with Crippen molar-refractivity contribution < 1.29 is 23.5 Å². The van der Waals surface area contributed by atoms with E-state index in [0.717, 1.165) is 12.8 Å². The maximum Gasteiger partial charge on any atom is 0.412 e. The molecule has 1 aliphatic carbocycles. The lowest BCUT2D eigenvalue weighted by Gasteiger charge is -2.45. The maximum atomic E-state index is 15.3. The summed E-state index contributed by atoms with van der Waals surface area (Å²) in [5, 5.41) is 2.41. The summed E-state index contributed by atoms with van der Waals surface area (Å²) in [5.41, 5.74) is 4.97. The summed E-state index contributed by atoms with van der Waals surface area (Å²) in [7, 11) is 0. The Labute approximate surface area is 220 Å². The van der Waals surface area contributed by atoms with E-state index in [0.29, 0.717) is 36.8 Å². The molecule has 2 aliphatic heterocycles. The molecule has 6 rings (SSSR count). The van der Waals surface area contributed by atoms with Gasteiger partial charge >= 0.3 is 11.8 Å². The molecule has 2 fully saturated rings. The van der Waals surface area contributed by atoms with Crippen LogP contribution in [0, 0.1) is 11.7 Å². The largest absolute Gasteiger partial charge is 0.436 e. The average molecular weight is 542 g/mol. The maximum absolute atomic E-state index is 15.3. The van der Waals surface area contributed by atoms with Crippen molar-refractivity contribution >= 4 is 46.2 Å². The van der Waals surface area contributed by atoms with Crippen molar-refractivity contribution in [2.45, 2.75) is 43.7 Å². The number of carbonyl (C=O) groups is 3. The van der Waals surface area contributed by atoms with Crippen LogP contribution in [0.3, 0.4) is 0 Å². The summed E-state index contributed by atoms with van der Waals surface area (Å²) in [4.78, 5) is 55.6. The van der Waals surface area contributed by atoms with Crippen molar-refractivity contribution in [1.29, 1.82) is 0 Å². The topological polar surface area (TPSA) is 140 Å². The van der Waals surface area contributed by atoms with Crippen molar-refractivity contribution in [3.8, 4) is 0 Å². The molecule has 2 atom stereocenters. The zero-order valence-corrected chi connectivity index (χ0v) is 21.0. The Hall–Kier alpha value is -3.86. The molecule has 3 amide bonds. The van der Waals surface area contributed by atoms with Gasteiger partial charge in [0.15, 0.2) is 11.4 Å². The summed E-state index contributed by atoms with van der Waals surface area (Å²) in [5.74, 6) is -1.37. The second-order valence-electron chi connectivity index (χ2n) is 10.2. The average Bonchev–Trinajstić information content (AvgIpc) is 3.64. The van der Waals surface area contributed by atoms with E-state index in [4.69, 9.17) is 22.1 Å². The molecule has 38 heavy (non-hydrogen) atoms. The third-order valence-electron chi connectivity index (χ3n) is 7.69. The fourth-order valence-corrected chi connectivity index (χ4v) is 5.91. The second-order valence-corrected chi connectivity index (χ2v) is 10.7. The number of anilines is 1. The second kappa shape index (κ2) is 8.87. The molecule has 3 heterocycles. The number of nitrogens with one attached hydrogen (secondary N) is 2. The zero-order chi connectivity index (χ0) is 26.8. The number of ether oxygens (including phenoxy) is 1. The van der Waals surface area contributed by atoms with Crippen LogP contribution >= 0.6 is 11.6 Å². The van der Waals surface area contributed by atoms with Gasteiger partial charge in [-0.3, -0.25) is 19.5 Å². The fourth-order valence-electron chi connectivity index (χ4n) is 5.75. The van der Waals surface area contributed by atoms with Gasteiger partial charge in [0, 0.05) is 12.1 Å². The van der Waals surface area contributed by atoms with Gasteiger partial charge in [-0.2, -0.15) is 0 Å². The van der Waals surface area contributed by atoms with E-state index in [1.165, 1.54) is 28.8 Å². The van der Waals surface area contributed by atoms with Gasteiger partial charge < -0.3 is 20.4 Å². The Bertz CT molecular complexity index is 1560. The normalized spacial score (nSPS) is 21.6. The van der Waals surface area contributed by atoms with E-state index in [2.05, 4.69) is 10.3 Å². The summed E-state index contributed by atoms with van der Waals surface area (Å²) < 4.78 is 22.4. The standard InChI is InChI=1S/C26H25ClFN5O5/c27-15-5-6-16-20(21(15)28)26(38-25(37)31-16)8-1-9-32(12-26)23(35)19(10-13-2-3-13)33-18-7-4-14(22(29)34)11-17(18)30-24(33)36/h4-7,11,13,19H,1-3,8-10,12H2,(H2,29,34)(H,30,36)(H,31,37)/t19-,26-/m0/s1. The van der Waals surface area contributed by atoms with Crippen LogP contribution in [0.5, 0.6) is 0 Å². The molecule has 2 aromatic carbocycles. The van der Waals surface area contributed by atoms with Gasteiger partial charge in [0.05, 0.1) is 33.9 Å². The number of aromatic amines is 1. The number of fused-ring (bicyclic) bond motifs is 3. The molecule has 4 N–H and O–H groups in total. The van der Waals surface area contributed by atoms with Crippen LogP contribution in [0.4, 0.5) is 14.9 Å². The van der Waals surface area contributed by atoms with Crippen molar-refractivity contribution in [2.24, 2.45) is 11.7 Å². The van der Waals surface area contributed by atoms with Gasteiger partial charge in [0.25, 0.3) is 0 Å². The van der Waals surface area contributed by atoms with Gasteiger partial charge in [-0.1, -0.05) is 24.4 Å². The van der Waals surface area contributed by atoms with Crippen LogP contribution < -0.4 is 16.7 Å². The Morgan fingerprint density at radius 3 is 2.76 bits per heavy atom. The van der Waals surface area contributed by atoms with E-state index >= 15 is 4.39 Å². The number of imidazole rings is 1. The predicted octanol–water partition coefficient (Wildman–Crippen LogP) is 3.64. The monoisotopic (exact) mass is 541 g/mol. The number of amides is 3. The van der Waals surface area contributed by atoms with Crippen LogP contribution in [0.2, 0.25) is 5.02 Å². The molecular weight excluding hydrogens is 517 g/mol. The fraction of sp³-hybridized carbons (Fsp3) is 0.385. The molecular formula is C26H25ClFN5O5. The highest BCUT2D eigenvalue weighted by Crippen LogP contribution is 2.46. The molecule has 1 saturated carbocycles. The SMILES string of the molecule is NC(=O)c1ccc2c(c1)[nH]c(=O)n2[C@@H](CC1CC1)C(=O)N1CCC[C@@]2(C1)OC(=O)Nc1ccc(Cl)c(F)c12. The minimum Gasteiger partial charge on any atom is -0.436 e. The molecule has 0 radical (unpaired) electrons. The van der Waals surface area contributed by atoms with E-state index in [1.54, 1.807) is 11.0 Å². The van der Waals surface area contributed by atoms with Crippen LogP contribution in [0.25, 0.3) is 11.0 Å². The highest BCUT2D eigenvalue weighted by atomic mass is 35.5. The van der Waals surface area contributed by atoms with Crippen LogP contribution in [-0.4, -0.2) is 45.4 Å². The summed E-state index contributed by atoms with van der Waals surface area (Å²) in [6.07, 6.45) is 2.38. The number of nitrogens with zero attached hydrogens (tertiary/aromatic N) is 2.